The maximum atomic E-state index is 10.9. The number of nitrogen functional groups attached to an aromatic ring is 1. The topological polar surface area (TPSA) is 158 Å². The Balaban J connectivity index is 1.40. The maximum absolute atomic E-state index is 10.9. The third-order valence-electron chi connectivity index (χ3n) is 4.52. The zero-order valence-electron chi connectivity index (χ0n) is 17.5. The molecule has 13 heteroatoms. The lowest BCUT2D eigenvalue weighted by molar-refractivity contribution is -0.711. The van der Waals surface area contributed by atoms with Crippen molar-refractivity contribution < 1.29 is 32.7 Å². The van der Waals surface area contributed by atoms with Gasteiger partial charge in [-0.05, 0) is 24.6 Å². The van der Waals surface area contributed by atoms with E-state index in [-0.39, 0.29) is 5.82 Å². The molecule has 0 amide bonds. The average Bonchev–Trinajstić information content (AvgIpc) is 3.41. The van der Waals surface area contributed by atoms with Gasteiger partial charge >= 0.3 is 7.82 Å². The lowest BCUT2D eigenvalue weighted by Crippen LogP contribution is -2.38. The van der Waals surface area contributed by atoms with Crippen LogP contribution in [-0.4, -0.2) is 24.9 Å². The van der Waals surface area contributed by atoms with E-state index in [4.69, 9.17) is 24.8 Å². The highest BCUT2D eigenvalue weighted by Gasteiger charge is 2.20. The molecule has 0 atom stereocenters. The molecule has 33 heavy (non-hydrogen) atoms. The van der Waals surface area contributed by atoms with E-state index in [1.54, 1.807) is 41.8 Å². The molecule has 11 nitrogen and oxygen atoms in total. The monoisotopic (exact) mass is 490 g/mol. The first-order valence-electron chi connectivity index (χ1n) is 9.69. The number of rotatable bonds is 9. The lowest BCUT2D eigenvalue weighted by atomic mass is 10.1. The summed E-state index contributed by atoms with van der Waals surface area (Å²) in [5.74, 6) is 1.14. The number of hydrogen-bond acceptors (Lipinski definition) is 9. The number of aryl methyl sites for hydroxylation is 1. The molecule has 4 aromatic heterocycles. The van der Waals surface area contributed by atoms with Crippen LogP contribution < -0.4 is 15.0 Å². The largest absolute Gasteiger partial charge is 0.472 e. The van der Waals surface area contributed by atoms with Crippen LogP contribution in [0.25, 0.3) is 11.3 Å². The Hall–Kier alpha value is -3.15. The van der Waals surface area contributed by atoms with Crippen LogP contribution in [0.1, 0.15) is 22.0 Å². The Morgan fingerprint density at radius 2 is 2.12 bits per heavy atom. The molecular formula is C20H21N5O6PS+. The minimum atomic E-state index is -4.63. The molecule has 0 radical (unpaired) electrons. The highest BCUT2D eigenvalue weighted by atomic mass is 32.1. The number of ether oxygens (including phenoxy) is 1. The highest BCUT2D eigenvalue weighted by Crippen LogP contribution is 2.35. The molecule has 4 heterocycles. The molecule has 4 aromatic rings. The van der Waals surface area contributed by atoms with Crippen molar-refractivity contribution in [2.75, 3.05) is 5.73 Å². The summed E-state index contributed by atoms with van der Waals surface area (Å²) < 4.78 is 27.9. The number of nitrogens with two attached hydrogens (primary N) is 1. The van der Waals surface area contributed by atoms with Crippen molar-refractivity contribution in [3.63, 3.8) is 0 Å². The predicted molar refractivity (Wildman–Crippen MR) is 118 cm³/mol. The lowest BCUT2D eigenvalue weighted by Gasteiger charge is -2.07. The summed E-state index contributed by atoms with van der Waals surface area (Å²) in [6, 6.07) is 8.80. The zero-order chi connectivity index (χ0) is 23.4. The fourth-order valence-corrected chi connectivity index (χ4v) is 3.85. The molecule has 172 valence electrons. The minimum absolute atomic E-state index is 0.215. The van der Waals surface area contributed by atoms with Crippen LogP contribution in [0.15, 0.2) is 52.6 Å². The van der Waals surface area contributed by atoms with E-state index in [1.807, 2.05) is 18.4 Å². The molecule has 0 fully saturated rings. The molecule has 0 aliphatic heterocycles. The van der Waals surface area contributed by atoms with Gasteiger partial charge < -0.3 is 19.0 Å². The van der Waals surface area contributed by atoms with E-state index in [2.05, 4.69) is 19.6 Å². The van der Waals surface area contributed by atoms with E-state index in [0.717, 1.165) is 16.3 Å². The van der Waals surface area contributed by atoms with Crippen LogP contribution in [0.5, 0.6) is 5.88 Å². The Kier molecular flexibility index (Phi) is 6.82. The highest BCUT2D eigenvalue weighted by molar-refractivity contribution is 7.46. The van der Waals surface area contributed by atoms with Gasteiger partial charge in [0.15, 0.2) is 5.76 Å². The Morgan fingerprint density at radius 3 is 2.82 bits per heavy atom. The van der Waals surface area contributed by atoms with Gasteiger partial charge in [-0.3, -0.25) is 5.73 Å². The van der Waals surface area contributed by atoms with Gasteiger partial charge in [0.05, 0.1) is 22.6 Å². The van der Waals surface area contributed by atoms with E-state index in [1.165, 1.54) is 10.8 Å². The molecule has 0 saturated carbocycles. The van der Waals surface area contributed by atoms with Crippen molar-refractivity contribution in [3.05, 3.63) is 70.1 Å². The van der Waals surface area contributed by atoms with Crippen LogP contribution >= 0.6 is 19.2 Å². The maximum Gasteiger partial charge on any atom is 0.472 e. The van der Waals surface area contributed by atoms with Gasteiger partial charge in [0.1, 0.15) is 12.2 Å². The Morgan fingerprint density at radius 1 is 1.27 bits per heavy atom. The Bertz CT molecular complexity index is 1290. The van der Waals surface area contributed by atoms with Crippen molar-refractivity contribution in [1.82, 2.24) is 15.1 Å². The second-order valence-corrected chi connectivity index (χ2v) is 9.34. The first-order valence-corrected chi connectivity index (χ1v) is 12.1. The quantitative estimate of drug-likeness (QED) is 0.235. The molecule has 0 aliphatic carbocycles. The van der Waals surface area contributed by atoms with E-state index < -0.39 is 14.6 Å². The summed E-state index contributed by atoms with van der Waals surface area (Å²) in [6.45, 7) is 1.90. The average molecular weight is 490 g/mol. The van der Waals surface area contributed by atoms with Gasteiger partial charge in [-0.1, -0.05) is 11.2 Å². The number of hydrogen-bond donors (Lipinski definition) is 3. The molecule has 0 spiro atoms. The van der Waals surface area contributed by atoms with Crippen molar-refractivity contribution in [1.29, 1.82) is 0 Å². The molecule has 4 rings (SSSR count). The molecule has 0 unspecified atom stereocenters. The number of aromatic nitrogens is 4. The summed E-state index contributed by atoms with van der Waals surface area (Å²) in [6.07, 6.45) is 3.73. The van der Waals surface area contributed by atoms with Crippen LogP contribution in [0.4, 0.5) is 5.82 Å². The summed E-state index contributed by atoms with van der Waals surface area (Å²) in [7, 11) is -4.63. The smallest absolute Gasteiger partial charge is 0.471 e. The normalized spacial score (nSPS) is 11.6. The second kappa shape index (κ2) is 9.77. The fourth-order valence-electron chi connectivity index (χ4n) is 2.98. The van der Waals surface area contributed by atoms with Gasteiger partial charge in [-0.2, -0.15) is 0 Å². The van der Waals surface area contributed by atoms with Gasteiger partial charge in [0, 0.05) is 30.1 Å². The first-order chi connectivity index (χ1) is 15.8. The number of phosphoric ester groups is 1. The van der Waals surface area contributed by atoms with E-state index in [0.29, 0.717) is 35.9 Å². The van der Waals surface area contributed by atoms with Gasteiger partial charge in [0.25, 0.3) is 5.82 Å². The number of anilines is 1. The molecule has 0 bridgehead atoms. The summed E-state index contributed by atoms with van der Waals surface area (Å²) in [5.41, 5.74) is 9.08. The van der Waals surface area contributed by atoms with Crippen molar-refractivity contribution in [2.24, 2.45) is 0 Å². The van der Waals surface area contributed by atoms with Crippen LogP contribution in [0, 0.1) is 6.92 Å². The minimum Gasteiger partial charge on any atom is -0.471 e. The zero-order valence-corrected chi connectivity index (χ0v) is 19.2. The number of pyridine rings is 2. The molecule has 0 aliphatic rings. The van der Waals surface area contributed by atoms with E-state index in [9.17, 15) is 4.57 Å². The molecule has 0 saturated heterocycles. The van der Waals surface area contributed by atoms with Crippen LogP contribution in [0.3, 0.4) is 0 Å². The third-order valence-corrected chi connectivity index (χ3v) is 5.80. The SMILES string of the molecule is Cc1nc(COc2ccc(Cc3cc(-c4ccc[n+](COP(=O)(O)O)c4N)on3)cn2)cs1. The predicted octanol–water partition coefficient (Wildman–Crippen LogP) is 2.61. The standard InChI is InChI=1S/C20H20N5O6PS/c1-13-23-16(11-33-13)10-29-19-5-4-14(9-22-19)7-15-8-18(31-24-15)17-3-2-6-25(20(17)21)12-30-32(26,27)28/h2-6,8-9,11,21H,7,10,12H2,1H3,(H2,26,27,28)/p+1. The van der Waals surface area contributed by atoms with Gasteiger partial charge in [-0.15, -0.1) is 11.3 Å². The summed E-state index contributed by atoms with van der Waals surface area (Å²) in [5, 5.41) is 7.03. The molecule has 0 aromatic carbocycles. The van der Waals surface area contributed by atoms with Crippen molar-refractivity contribution >= 4 is 25.0 Å². The van der Waals surface area contributed by atoms with Crippen LogP contribution in [-0.2, 0) is 28.8 Å². The van der Waals surface area contributed by atoms with Gasteiger partial charge in [-0.25, -0.2) is 23.6 Å². The number of phosphoric acid groups is 1. The number of nitrogens with zero attached hydrogens (tertiary/aromatic N) is 4. The first kappa shape index (κ1) is 23.0. The number of thiazole rings is 1. The molecule has 4 N–H and O–H groups in total. The van der Waals surface area contributed by atoms with Crippen molar-refractivity contribution in [3.8, 4) is 17.2 Å². The van der Waals surface area contributed by atoms with Crippen LogP contribution in [0.2, 0.25) is 0 Å². The molecular weight excluding hydrogens is 469 g/mol. The Labute approximate surface area is 192 Å². The third kappa shape index (κ3) is 6.21. The fraction of sp³-hybridized carbons (Fsp3) is 0.200. The van der Waals surface area contributed by atoms with Gasteiger partial charge in [0.2, 0.25) is 12.6 Å². The van der Waals surface area contributed by atoms with Crippen molar-refractivity contribution in [2.45, 2.75) is 26.7 Å². The summed E-state index contributed by atoms with van der Waals surface area (Å²) in [4.78, 5) is 26.5. The second-order valence-electron chi connectivity index (χ2n) is 7.04. The summed E-state index contributed by atoms with van der Waals surface area (Å²) >= 11 is 1.57. The van der Waals surface area contributed by atoms with E-state index >= 15 is 0 Å².